The van der Waals surface area contributed by atoms with E-state index in [1.165, 1.54) is 0 Å². The molecule has 0 aromatic heterocycles. The number of benzene rings is 1. The first-order valence-corrected chi connectivity index (χ1v) is 6.45. The summed E-state index contributed by atoms with van der Waals surface area (Å²) in [6.07, 6.45) is 0.162. The number of nitrogens with one attached hydrogen (secondary N) is 1. The first kappa shape index (κ1) is 14.7. The topological polar surface area (TPSA) is 55.4 Å². The molecule has 5 heteroatoms. The number of rotatable bonds is 5. The third kappa shape index (κ3) is 4.14. The Balaban J connectivity index is 2.72. The summed E-state index contributed by atoms with van der Waals surface area (Å²) in [5, 5.41) is 2.77. The van der Waals surface area contributed by atoms with E-state index in [4.69, 9.17) is 4.74 Å². The molecule has 0 spiro atoms. The van der Waals surface area contributed by atoms with Gasteiger partial charge in [0, 0.05) is 11.6 Å². The van der Waals surface area contributed by atoms with Crippen LogP contribution >= 0.6 is 15.9 Å². The minimum atomic E-state index is -0.592. The SMILES string of the molecule is CC(C)NC(=O)C(C)Oc1ccc(C=O)cc1Br. The van der Waals surface area contributed by atoms with E-state index in [0.29, 0.717) is 15.8 Å². The summed E-state index contributed by atoms with van der Waals surface area (Å²) in [6, 6.07) is 5.02. The second-order valence-corrected chi connectivity index (χ2v) is 5.09. The highest BCUT2D eigenvalue weighted by Gasteiger charge is 2.16. The summed E-state index contributed by atoms with van der Waals surface area (Å²) < 4.78 is 6.18. The van der Waals surface area contributed by atoms with Crippen LogP contribution in [0.25, 0.3) is 0 Å². The van der Waals surface area contributed by atoms with Crippen molar-refractivity contribution in [3.63, 3.8) is 0 Å². The van der Waals surface area contributed by atoms with Crippen LogP contribution in [0.3, 0.4) is 0 Å². The molecule has 1 unspecified atom stereocenters. The van der Waals surface area contributed by atoms with Gasteiger partial charge in [-0.05, 0) is 54.9 Å². The van der Waals surface area contributed by atoms with E-state index >= 15 is 0 Å². The molecule has 0 saturated heterocycles. The lowest BCUT2D eigenvalue weighted by molar-refractivity contribution is -0.127. The quantitative estimate of drug-likeness (QED) is 0.850. The fraction of sp³-hybridized carbons (Fsp3) is 0.385. The maximum absolute atomic E-state index is 11.7. The molecular weight excluding hydrogens is 298 g/mol. The van der Waals surface area contributed by atoms with Crippen LogP contribution in [-0.4, -0.2) is 24.3 Å². The fourth-order valence-electron chi connectivity index (χ4n) is 1.33. The highest BCUT2D eigenvalue weighted by Crippen LogP contribution is 2.26. The molecule has 0 aliphatic rings. The van der Waals surface area contributed by atoms with Gasteiger partial charge in [-0.25, -0.2) is 0 Å². The average molecular weight is 314 g/mol. The first-order valence-electron chi connectivity index (χ1n) is 5.65. The monoisotopic (exact) mass is 313 g/mol. The van der Waals surface area contributed by atoms with Crippen molar-refractivity contribution in [1.82, 2.24) is 5.32 Å². The van der Waals surface area contributed by atoms with E-state index in [9.17, 15) is 9.59 Å². The Hall–Kier alpha value is -1.36. The fourth-order valence-corrected chi connectivity index (χ4v) is 1.82. The predicted octanol–water partition coefficient (Wildman–Crippen LogP) is 2.55. The van der Waals surface area contributed by atoms with Crippen LogP contribution in [0, 0.1) is 0 Å². The van der Waals surface area contributed by atoms with Crippen molar-refractivity contribution < 1.29 is 14.3 Å². The van der Waals surface area contributed by atoms with Gasteiger partial charge in [0.1, 0.15) is 12.0 Å². The molecule has 98 valence electrons. The van der Waals surface area contributed by atoms with Crippen LogP contribution in [0.2, 0.25) is 0 Å². The maximum Gasteiger partial charge on any atom is 0.260 e. The lowest BCUT2D eigenvalue weighted by atomic mass is 10.2. The van der Waals surface area contributed by atoms with E-state index in [1.807, 2.05) is 13.8 Å². The molecule has 18 heavy (non-hydrogen) atoms. The van der Waals surface area contributed by atoms with Crippen molar-refractivity contribution in [1.29, 1.82) is 0 Å². The number of hydrogen-bond acceptors (Lipinski definition) is 3. The summed E-state index contributed by atoms with van der Waals surface area (Å²) in [6.45, 7) is 5.45. The Labute approximate surface area is 115 Å². The number of aldehydes is 1. The van der Waals surface area contributed by atoms with Gasteiger partial charge in [0.05, 0.1) is 4.47 Å². The second kappa shape index (κ2) is 6.54. The second-order valence-electron chi connectivity index (χ2n) is 4.23. The minimum Gasteiger partial charge on any atom is -0.480 e. The van der Waals surface area contributed by atoms with E-state index in [1.54, 1.807) is 25.1 Å². The predicted molar refractivity (Wildman–Crippen MR) is 72.9 cm³/mol. The van der Waals surface area contributed by atoms with Gasteiger partial charge in [-0.15, -0.1) is 0 Å². The summed E-state index contributed by atoms with van der Waals surface area (Å²) in [5.74, 6) is 0.364. The van der Waals surface area contributed by atoms with Gasteiger partial charge >= 0.3 is 0 Å². The van der Waals surface area contributed by atoms with Crippen LogP contribution < -0.4 is 10.1 Å². The van der Waals surface area contributed by atoms with Crippen LogP contribution in [-0.2, 0) is 4.79 Å². The highest BCUT2D eigenvalue weighted by atomic mass is 79.9. The van der Waals surface area contributed by atoms with Gasteiger partial charge in [-0.3, -0.25) is 9.59 Å². The number of amides is 1. The van der Waals surface area contributed by atoms with Crippen molar-refractivity contribution in [2.24, 2.45) is 0 Å². The molecule has 0 bridgehead atoms. The standard InChI is InChI=1S/C13H16BrNO3/c1-8(2)15-13(17)9(3)18-12-5-4-10(7-16)6-11(12)14/h4-9H,1-3H3,(H,15,17). The highest BCUT2D eigenvalue weighted by molar-refractivity contribution is 9.10. The Morgan fingerprint density at radius 2 is 2.06 bits per heavy atom. The lowest BCUT2D eigenvalue weighted by Gasteiger charge is -2.17. The van der Waals surface area contributed by atoms with Crippen molar-refractivity contribution in [2.45, 2.75) is 32.9 Å². The molecule has 0 radical (unpaired) electrons. The third-order valence-electron chi connectivity index (χ3n) is 2.20. The molecule has 0 aliphatic heterocycles. The molecule has 0 saturated carbocycles. The zero-order valence-corrected chi connectivity index (χ0v) is 12.2. The molecule has 1 N–H and O–H groups in total. The van der Waals surface area contributed by atoms with Crippen molar-refractivity contribution in [3.05, 3.63) is 28.2 Å². The molecule has 1 atom stereocenters. The van der Waals surface area contributed by atoms with E-state index in [0.717, 1.165) is 6.29 Å². The van der Waals surface area contributed by atoms with Gasteiger partial charge in [0.25, 0.3) is 5.91 Å². The largest absolute Gasteiger partial charge is 0.480 e. The smallest absolute Gasteiger partial charge is 0.260 e. The lowest BCUT2D eigenvalue weighted by Crippen LogP contribution is -2.40. The zero-order chi connectivity index (χ0) is 13.7. The summed E-state index contributed by atoms with van der Waals surface area (Å²) >= 11 is 3.30. The van der Waals surface area contributed by atoms with Gasteiger partial charge in [0.15, 0.2) is 6.10 Å². The maximum atomic E-state index is 11.7. The summed E-state index contributed by atoms with van der Waals surface area (Å²) in [4.78, 5) is 22.3. The Morgan fingerprint density at radius 3 is 2.56 bits per heavy atom. The summed E-state index contributed by atoms with van der Waals surface area (Å²) in [7, 11) is 0. The molecule has 0 fully saturated rings. The van der Waals surface area contributed by atoms with Crippen molar-refractivity contribution in [3.8, 4) is 5.75 Å². The first-order chi connectivity index (χ1) is 8.43. The third-order valence-corrected chi connectivity index (χ3v) is 2.82. The van der Waals surface area contributed by atoms with E-state index < -0.39 is 6.10 Å². The molecule has 0 heterocycles. The molecule has 0 aliphatic carbocycles. The van der Waals surface area contributed by atoms with Crippen LogP contribution in [0.15, 0.2) is 22.7 Å². The molecule has 1 aromatic rings. The van der Waals surface area contributed by atoms with Crippen molar-refractivity contribution >= 4 is 28.1 Å². The van der Waals surface area contributed by atoms with Crippen LogP contribution in [0.5, 0.6) is 5.75 Å². The molecular formula is C13H16BrNO3. The van der Waals surface area contributed by atoms with Crippen LogP contribution in [0.1, 0.15) is 31.1 Å². The Bertz CT molecular complexity index is 446. The van der Waals surface area contributed by atoms with Gasteiger partial charge in [-0.1, -0.05) is 0 Å². The number of carbonyl (C=O) groups is 2. The molecule has 1 aromatic carbocycles. The molecule has 1 amide bonds. The number of hydrogen-bond donors (Lipinski definition) is 1. The number of halogens is 1. The van der Waals surface area contributed by atoms with Gasteiger partial charge < -0.3 is 10.1 Å². The van der Waals surface area contributed by atoms with Crippen molar-refractivity contribution in [2.75, 3.05) is 0 Å². The van der Waals surface area contributed by atoms with Crippen LogP contribution in [0.4, 0.5) is 0 Å². The van der Waals surface area contributed by atoms with Gasteiger partial charge in [0.2, 0.25) is 0 Å². The zero-order valence-electron chi connectivity index (χ0n) is 10.6. The molecule has 4 nitrogen and oxygen atoms in total. The number of ether oxygens (including phenoxy) is 1. The van der Waals surface area contributed by atoms with E-state index in [2.05, 4.69) is 21.2 Å². The average Bonchev–Trinajstić information content (AvgIpc) is 2.30. The molecule has 1 rings (SSSR count). The normalized spacial score (nSPS) is 12.1. The Kier molecular flexibility index (Phi) is 5.34. The number of carbonyl (C=O) groups excluding carboxylic acids is 2. The summed E-state index contributed by atoms with van der Waals surface area (Å²) in [5.41, 5.74) is 0.550. The minimum absolute atomic E-state index is 0.0735. The van der Waals surface area contributed by atoms with Gasteiger partial charge in [-0.2, -0.15) is 0 Å². The Morgan fingerprint density at radius 1 is 1.39 bits per heavy atom. The van der Waals surface area contributed by atoms with E-state index in [-0.39, 0.29) is 11.9 Å².